The summed E-state index contributed by atoms with van der Waals surface area (Å²) < 4.78 is 0. The molecule has 0 saturated carbocycles. The van der Waals surface area contributed by atoms with E-state index in [9.17, 15) is 0 Å². The average Bonchev–Trinajstić information content (AvgIpc) is 2.15. The lowest BCUT2D eigenvalue weighted by molar-refractivity contribution is 0.475. The van der Waals surface area contributed by atoms with Gasteiger partial charge >= 0.3 is 0 Å². The van der Waals surface area contributed by atoms with Gasteiger partial charge in [0.25, 0.3) is 0 Å². The van der Waals surface area contributed by atoms with Crippen molar-refractivity contribution < 1.29 is 0 Å². The maximum Gasteiger partial charge on any atom is 0.0300 e. The third-order valence-electron chi connectivity index (χ3n) is 2.39. The van der Waals surface area contributed by atoms with Crippen LogP contribution in [0.5, 0.6) is 0 Å². The van der Waals surface area contributed by atoms with E-state index in [-0.39, 0.29) is 0 Å². The van der Waals surface area contributed by atoms with Crippen molar-refractivity contribution in [3.05, 3.63) is 29.6 Å². The van der Waals surface area contributed by atoms with E-state index in [1.54, 1.807) is 0 Å². The van der Waals surface area contributed by atoms with Crippen LogP contribution in [0.4, 0.5) is 0 Å². The van der Waals surface area contributed by atoms with E-state index >= 15 is 0 Å². The SMILES string of the molecule is Cc1cncc(CC(C)CNC(C)C)c1. The first-order valence-corrected chi connectivity index (χ1v) is 5.72. The number of pyridine rings is 1. The molecule has 1 unspecified atom stereocenters. The van der Waals surface area contributed by atoms with Gasteiger partial charge < -0.3 is 5.32 Å². The summed E-state index contributed by atoms with van der Waals surface area (Å²) in [7, 11) is 0. The highest BCUT2D eigenvalue weighted by molar-refractivity contribution is 5.16. The topological polar surface area (TPSA) is 24.9 Å². The number of nitrogens with one attached hydrogen (secondary N) is 1. The zero-order chi connectivity index (χ0) is 11.3. The first-order valence-electron chi connectivity index (χ1n) is 5.72. The molecule has 0 aliphatic carbocycles. The summed E-state index contributed by atoms with van der Waals surface area (Å²) in [6.07, 6.45) is 4.98. The van der Waals surface area contributed by atoms with Crippen LogP contribution in [0.25, 0.3) is 0 Å². The molecule has 0 radical (unpaired) electrons. The molecule has 1 N–H and O–H groups in total. The van der Waals surface area contributed by atoms with E-state index in [0.29, 0.717) is 12.0 Å². The van der Waals surface area contributed by atoms with Crippen molar-refractivity contribution in [2.45, 2.75) is 40.2 Å². The Balaban J connectivity index is 2.40. The van der Waals surface area contributed by atoms with Crippen molar-refractivity contribution in [1.29, 1.82) is 0 Å². The average molecular weight is 206 g/mol. The van der Waals surface area contributed by atoms with E-state index in [0.717, 1.165) is 13.0 Å². The van der Waals surface area contributed by atoms with Crippen molar-refractivity contribution >= 4 is 0 Å². The monoisotopic (exact) mass is 206 g/mol. The van der Waals surface area contributed by atoms with Gasteiger partial charge in [-0.25, -0.2) is 0 Å². The fourth-order valence-electron chi connectivity index (χ4n) is 1.64. The van der Waals surface area contributed by atoms with Gasteiger partial charge in [-0.3, -0.25) is 4.98 Å². The number of aryl methyl sites for hydroxylation is 1. The molecule has 0 saturated heterocycles. The Labute approximate surface area is 93.1 Å². The van der Waals surface area contributed by atoms with Crippen molar-refractivity contribution in [2.24, 2.45) is 5.92 Å². The van der Waals surface area contributed by atoms with Gasteiger partial charge in [-0.2, -0.15) is 0 Å². The summed E-state index contributed by atoms with van der Waals surface area (Å²) in [6, 6.07) is 2.79. The summed E-state index contributed by atoms with van der Waals surface area (Å²) in [5, 5.41) is 3.46. The lowest BCUT2D eigenvalue weighted by atomic mass is 10.0. The fourth-order valence-corrected chi connectivity index (χ4v) is 1.64. The Bertz CT molecular complexity index is 294. The van der Waals surface area contributed by atoms with Gasteiger partial charge in [-0.1, -0.05) is 26.8 Å². The predicted octanol–water partition coefficient (Wildman–Crippen LogP) is 2.57. The van der Waals surface area contributed by atoms with Crippen LogP contribution in [-0.2, 0) is 6.42 Å². The van der Waals surface area contributed by atoms with Crippen molar-refractivity contribution in [1.82, 2.24) is 10.3 Å². The van der Waals surface area contributed by atoms with Crippen LogP contribution in [0.3, 0.4) is 0 Å². The highest BCUT2D eigenvalue weighted by Crippen LogP contribution is 2.08. The minimum absolute atomic E-state index is 0.572. The molecule has 1 aromatic heterocycles. The molecule has 2 heteroatoms. The molecule has 0 aromatic carbocycles. The number of hydrogen-bond donors (Lipinski definition) is 1. The standard InChI is InChI=1S/C13H22N2/c1-10(2)15-8-12(4)6-13-5-11(3)7-14-9-13/h5,7,9-10,12,15H,6,8H2,1-4H3. The van der Waals surface area contributed by atoms with Gasteiger partial charge in [0.2, 0.25) is 0 Å². The Morgan fingerprint density at radius 1 is 1.27 bits per heavy atom. The van der Waals surface area contributed by atoms with Crippen molar-refractivity contribution in [3.63, 3.8) is 0 Å². The molecule has 1 rings (SSSR count). The third kappa shape index (κ3) is 4.93. The lowest BCUT2D eigenvalue weighted by Crippen LogP contribution is -2.28. The van der Waals surface area contributed by atoms with Crippen LogP contribution in [0.2, 0.25) is 0 Å². The Hall–Kier alpha value is -0.890. The maximum atomic E-state index is 4.21. The first-order chi connectivity index (χ1) is 7.08. The maximum absolute atomic E-state index is 4.21. The van der Waals surface area contributed by atoms with Gasteiger partial charge in [0.15, 0.2) is 0 Å². The minimum Gasteiger partial charge on any atom is -0.314 e. The fraction of sp³-hybridized carbons (Fsp3) is 0.615. The Morgan fingerprint density at radius 2 is 2.00 bits per heavy atom. The van der Waals surface area contributed by atoms with Gasteiger partial charge in [-0.15, -0.1) is 0 Å². The molecule has 0 bridgehead atoms. The molecular formula is C13H22N2. The molecule has 1 heterocycles. The van der Waals surface area contributed by atoms with Gasteiger partial charge in [0.05, 0.1) is 0 Å². The van der Waals surface area contributed by atoms with E-state index in [2.05, 4.69) is 44.1 Å². The van der Waals surface area contributed by atoms with E-state index < -0.39 is 0 Å². The molecule has 15 heavy (non-hydrogen) atoms. The van der Waals surface area contributed by atoms with Gasteiger partial charge in [0.1, 0.15) is 0 Å². The number of aromatic nitrogens is 1. The summed E-state index contributed by atoms with van der Waals surface area (Å²) in [5.74, 6) is 0.663. The second kappa shape index (κ2) is 5.86. The highest BCUT2D eigenvalue weighted by Gasteiger charge is 2.04. The third-order valence-corrected chi connectivity index (χ3v) is 2.39. The molecule has 0 aliphatic heterocycles. The molecule has 0 aliphatic rings. The Morgan fingerprint density at radius 3 is 2.60 bits per heavy atom. The van der Waals surface area contributed by atoms with Gasteiger partial charge in [-0.05, 0) is 36.9 Å². The minimum atomic E-state index is 0.572. The highest BCUT2D eigenvalue weighted by atomic mass is 14.9. The second-order valence-electron chi connectivity index (χ2n) is 4.74. The number of rotatable bonds is 5. The van der Waals surface area contributed by atoms with Crippen LogP contribution in [0.1, 0.15) is 31.9 Å². The van der Waals surface area contributed by atoms with E-state index in [4.69, 9.17) is 0 Å². The normalized spacial score (nSPS) is 13.1. The van der Waals surface area contributed by atoms with Crippen LogP contribution < -0.4 is 5.32 Å². The summed E-state index contributed by atoms with van der Waals surface area (Å²) in [5.41, 5.74) is 2.59. The largest absolute Gasteiger partial charge is 0.314 e. The van der Waals surface area contributed by atoms with Crippen LogP contribution in [0.15, 0.2) is 18.5 Å². The molecule has 1 atom stereocenters. The smallest absolute Gasteiger partial charge is 0.0300 e. The molecule has 0 fully saturated rings. The zero-order valence-electron chi connectivity index (χ0n) is 10.2. The van der Waals surface area contributed by atoms with Crippen LogP contribution in [0, 0.1) is 12.8 Å². The number of hydrogen-bond acceptors (Lipinski definition) is 2. The lowest BCUT2D eigenvalue weighted by Gasteiger charge is -2.14. The predicted molar refractivity (Wildman–Crippen MR) is 65.0 cm³/mol. The molecule has 1 aromatic rings. The van der Waals surface area contributed by atoms with Crippen molar-refractivity contribution in [3.8, 4) is 0 Å². The summed E-state index contributed by atoms with van der Waals surface area (Å²) in [4.78, 5) is 4.21. The van der Waals surface area contributed by atoms with E-state index in [1.807, 2.05) is 12.4 Å². The van der Waals surface area contributed by atoms with Crippen LogP contribution >= 0.6 is 0 Å². The zero-order valence-corrected chi connectivity index (χ0v) is 10.2. The second-order valence-corrected chi connectivity index (χ2v) is 4.74. The first kappa shape index (κ1) is 12.2. The quantitative estimate of drug-likeness (QED) is 0.801. The van der Waals surface area contributed by atoms with Crippen LogP contribution in [-0.4, -0.2) is 17.6 Å². The van der Waals surface area contributed by atoms with Gasteiger partial charge in [0, 0.05) is 18.4 Å². The molecule has 2 nitrogen and oxygen atoms in total. The Kier molecular flexibility index (Phi) is 4.76. The van der Waals surface area contributed by atoms with Crippen molar-refractivity contribution in [2.75, 3.05) is 6.54 Å². The molecule has 0 amide bonds. The number of nitrogens with zero attached hydrogens (tertiary/aromatic N) is 1. The van der Waals surface area contributed by atoms with E-state index in [1.165, 1.54) is 11.1 Å². The summed E-state index contributed by atoms with van der Waals surface area (Å²) >= 11 is 0. The summed E-state index contributed by atoms with van der Waals surface area (Å²) in [6.45, 7) is 9.80. The molecule has 84 valence electrons. The molecule has 0 spiro atoms. The molecular weight excluding hydrogens is 184 g/mol.